The van der Waals surface area contributed by atoms with Gasteiger partial charge in [-0.3, -0.25) is 11.8 Å². The van der Waals surface area contributed by atoms with Crippen molar-refractivity contribution in [3.8, 4) is 34.1 Å². The summed E-state index contributed by atoms with van der Waals surface area (Å²) in [6.07, 6.45) is 14.5. The summed E-state index contributed by atoms with van der Waals surface area (Å²) >= 11 is 0. The average molecular weight is 1240 g/mol. The van der Waals surface area contributed by atoms with Gasteiger partial charge >= 0.3 is 44.8 Å². The standard InChI is InChI=1S/C27H26P2.2C17H13.2Au/c1-27(2,28(23-15-7-3-8-16-23)24-17-9-4-10-18-24)29(25-19-11-5-12-20-25)26-21-13-6-14-22-26;2*1-4-12-9-10-16-14(11-12)13-7-5-6-8-15(13)17(16,2)3;;/h3-22H,1-2H3;2*5-11H,2-3H3;;/q;2*-1;2*+1/p+2. The molecule has 0 heterocycles. The van der Waals surface area contributed by atoms with E-state index in [1.807, 2.05) is 12.1 Å². The van der Waals surface area contributed by atoms with Crippen molar-refractivity contribution in [2.24, 2.45) is 0 Å². The molecule has 0 spiro atoms. The topological polar surface area (TPSA) is 0 Å². The predicted octanol–water partition coefficient (Wildman–Crippen LogP) is 13.3. The fraction of sp³-hybridized carbons (Fsp3) is 0.148. The zero-order valence-corrected chi connectivity index (χ0v) is 44.1. The van der Waals surface area contributed by atoms with E-state index in [1.54, 1.807) is 0 Å². The van der Waals surface area contributed by atoms with E-state index in [0.29, 0.717) is 0 Å². The summed E-state index contributed by atoms with van der Waals surface area (Å²) < 4.78 is 0. The minimum absolute atomic E-state index is 0. The first-order chi connectivity index (χ1) is 30.5. The van der Waals surface area contributed by atoms with Gasteiger partial charge in [0.1, 0.15) is 37.1 Å². The second-order valence-electron chi connectivity index (χ2n) is 18.0. The summed E-state index contributed by atoms with van der Waals surface area (Å²) in [5.41, 5.74) is 12.3. The number of benzene rings is 8. The van der Waals surface area contributed by atoms with Gasteiger partial charge in [-0.2, -0.15) is 0 Å². The van der Waals surface area contributed by atoms with Crippen LogP contribution in [0.5, 0.6) is 0 Å². The van der Waals surface area contributed by atoms with Gasteiger partial charge < -0.3 is 12.8 Å². The zero-order valence-electron chi connectivity index (χ0n) is 37.7. The third-order valence-corrected chi connectivity index (χ3v) is 20.6. The van der Waals surface area contributed by atoms with Crippen LogP contribution in [-0.2, 0) is 55.6 Å². The molecule has 65 heavy (non-hydrogen) atoms. The van der Waals surface area contributed by atoms with Gasteiger partial charge in [0, 0.05) is 24.7 Å². The maximum Gasteiger partial charge on any atom is 1.00 e. The molecule has 10 rings (SSSR count). The molecule has 0 unspecified atom stereocenters. The molecule has 0 aromatic heterocycles. The quantitative estimate of drug-likeness (QED) is 0.0674. The monoisotopic (exact) mass is 1240 g/mol. The maximum absolute atomic E-state index is 7.24. The Morgan fingerprint density at radius 3 is 0.908 bits per heavy atom. The Morgan fingerprint density at radius 2 is 0.615 bits per heavy atom. The van der Waals surface area contributed by atoms with Crippen LogP contribution >= 0.6 is 15.8 Å². The Balaban J connectivity index is 0.000000168. The van der Waals surface area contributed by atoms with E-state index in [1.165, 1.54) is 65.7 Å². The zero-order chi connectivity index (χ0) is 44.2. The van der Waals surface area contributed by atoms with Crippen LogP contribution in [0.4, 0.5) is 0 Å². The molecule has 8 aromatic carbocycles. The molecule has 0 aliphatic heterocycles. The van der Waals surface area contributed by atoms with Gasteiger partial charge in [-0.05, 0) is 93.0 Å². The van der Waals surface area contributed by atoms with Crippen molar-refractivity contribution in [1.29, 1.82) is 0 Å². The van der Waals surface area contributed by atoms with Crippen molar-refractivity contribution in [3.63, 3.8) is 0 Å². The van der Waals surface area contributed by atoms with Crippen LogP contribution in [0.25, 0.3) is 22.3 Å². The molecule has 0 bridgehead atoms. The molecule has 0 nitrogen and oxygen atoms in total. The first-order valence-electron chi connectivity index (χ1n) is 21.8. The van der Waals surface area contributed by atoms with Crippen molar-refractivity contribution in [2.75, 3.05) is 0 Å². The second-order valence-corrected chi connectivity index (χ2v) is 24.8. The van der Waals surface area contributed by atoms with Gasteiger partial charge in [0.25, 0.3) is 0 Å². The first-order valence-corrected chi connectivity index (χ1v) is 24.8. The summed E-state index contributed by atoms with van der Waals surface area (Å²) in [4.78, 5) is 0.154. The molecule has 2 aliphatic rings. The molecule has 328 valence electrons. The van der Waals surface area contributed by atoms with E-state index < -0.39 is 15.8 Å². The van der Waals surface area contributed by atoms with Crippen LogP contribution in [0, 0.1) is 24.7 Å². The van der Waals surface area contributed by atoms with E-state index in [-0.39, 0.29) is 60.5 Å². The maximum atomic E-state index is 7.24. The van der Waals surface area contributed by atoms with Crippen LogP contribution in [-0.4, -0.2) is 4.90 Å². The molecule has 0 saturated carbocycles. The van der Waals surface area contributed by atoms with Crippen molar-refractivity contribution >= 4 is 37.1 Å². The van der Waals surface area contributed by atoms with Gasteiger partial charge in [-0.25, -0.2) is 0 Å². The Hall–Kier alpha value is -4.78. The Bertz CT molecular complexity index is 2660. The van der Waals surface area contributed by atoms with E-state index >= 15 is 0 Å². The van der Waals surface area contributed by atoms with E-state index in [0.717, 1.165) is 11.1 Å². The number of hydrogen-bond donors (Lipinski definition) is 0. The molecule has 0 atom stereocenters. The molecule has 0 saturated heterocycles. The summed E-state index contributed by atoms with van der Waals surface area (Å²) in [6, 6.07) is 74.1. The van der Waals surface area contributed by atoms with E-state index in [4.69, 9.17) is 12.8 Å². The number of hydrogen-bond acceptors (Lipinski definition) is 0. The Labute approximate surface area is 422 Å². The molecule has 0 fully saturated rings. The molecular formula is C61H54Au2P2+2. The first kappa shape index (κ1) is 49.7. The van der Waals surface area contributed by atoms with Crippen molar-refractivity contribution in [3.05, 3.63) is 252 Å². The largest absolute Gasteiger partial charge is 1.00 e. The van der Waals surface area contributed by atoms with Crippen molar-refractivity contribution in [1.82, 2.24) is 0 Å². The molecule has 4 heteroatoms. The predicted molar refractivity (Wildman–Crippen MR) is 275 cm³/mol. The summed E-state index contributed by atoms with van der Waals surface area (Å²) in [6.45, 7) is 14.0. The van der Waals surface area contributed by atoms with Crippen LogP contribution in [0.3, 0.4) is 0 Å². The van der Waals surface area contributed by atoms with Gasteiger partial charge in [-0.15, -0.1) is 35.4 Å². The van der Waals surface area contributed by atoms with Gasteiger partial charge in [0.2, 0.25) is 0 Å². The molecule has 0 radical (unpaired) electrons. The summed E-state index contributed by atoms with van der Waals surface area (Å²) in [7, 11) is -2.05. The molecule has 8 aromatic rings. The molecule has 2 aliphatic carbocycles. The number of rotatable bonds is 6. The molecule has 0 N–H and O–H groups in total. The van der Waals surface area contributed by atoms with Gasteiger partial charge in [-0.1, -0.05) is 161 Å². The molecular weight excluding hydrogens is 1190 g/mol. The molecule has 0 amide bonds. The second kappa shape index (κ2) is 21.2. The average Bonchev–Trinajstić information content (AvgIpc) is 3.69. The van der Waals surface area contributed by atoms with Crippen molar-refractivity contribution in [2.45, 2.75) is 57.3 Å². The fourth-order valence-corrected chi connectivity index (χ4v) is 18.3. The minimum atomic E-state index is -1.02. The van der Waals surface area contributed by atoms with Crippen LogP contribution in [0.1, 0.15) is 74.9 Å². The van der Waals surface area contributed by atoms with Gasteiger partial charge in [0.05, 0.1) is 0 Å². The summed E-state index contributed by atoms with van der Waals surface area (Å²) in [5, 5.41) is 5.96. The van der Waals surface area contributed by atoms with E-state index in [2.05, 4.69) is 248 Å². The minimum Gasteiger partial charge on any atom is -0.366 e. The Morgan fingerprint density at radius 1 is 0.354 bits per heavy atom. The van der Waals surface area contributed by atoms with Crippen LogP contribution in [0.2, 0.25) is 0 Å². The van der Waals surface area contributed by atoms with E-state index in [9.17, 15) is 0 Å². The normalized spacial score (nSPS) is 13.0. The smallest absolute Gasteiger partial charge is 0.366 e. The van der Waals surface area contributed by atoms with Crippen LogP contribution in [0.15, 0.2) is 206 Å². The fourth-order valence-electron chi connectivity index (χ4n) is 9.92. The Kier molecular flexibility index (Phi) is 16.2. The van der Waals surface area contributed by atoms with Crippen LogP contribution < -0.4 is 21.2 Å². The third-order valence-electron chi connectivity index (χ3n) is 13.0. The third kappa shape index (κ3) is 10.0. The van der Waals surface area contributed by atoms with Crippen molar-refractivity contribution < 1.29 is 44.8 Å². The SMILES string of the molecule is CC(C)([PH+](c1ccccc1)c1ccccc1)[PH+](c1ccccc1)c1ccccc1.[Au+].[Au+].[C-]#Cc1ccc2c(c1)-c1ccccc1C2(C)C.[C-]#Cc1ccc2c(c1)-c1ccccc1C2(C)C. The van der Waals surface area contributed by atoms with Gasteiger partial charge in [0.15, 0.2) is 4.90 Å². The number of fused-ring (bicyclic) bond motifs is 6. The summed E-state index contributed by atoms with van der Waals surface area (Å²) in [5.74, 6) is 4.93.